The maximum absolute atomic E-state index is 2.56. The van der Waals surface area contributed by atoms with E-state index in [1.54, 1.807) is 0 Å². The van der Waals surface area contributed by atoms with Crippen molar-refractivity contribution in [2.75, 3.05) is 0 Å². The maximum Gasteiger partial charge on any atom is 0.0479 e. The number of hydrogen-bond donors (Lipinski definition) is 0. The van der Waals surface area contributed by atoms with Gasteiger partial charge in [-0.1, -0.05) is 63.5 Å². The van der Waals surface area contributed by atoms with Gasteiger partial charge in [-0.3, -0.25) is 0 Å². The fourth-order valence-electron chi connectivity index (χ4n) is 3.73. The van der Waals surface area contributed by atoms with E-state index in [9.17, 15) is 0 Å². The number of rotatable bonds is 2. The quantitative estimate of drug-likeness (QED) is 0.641. The third kappa shape index (κ3) is 2.14. The lowest BCUT2D eigenvalue weighted by Crippen LogP contribution is -2.31. The summed E-state index contributed by atoms with van der Waals surface area (Å²) in [6, 6.07) is 0. The molecular formula is C14H26Si2. The van der Waals surface area contributed by atoms with E-state index in [4.69, 9.17) is 0 Å². The first-order valence-electron chi connectivity index (χ1n) is 6.76. The molecule has 0 heterocycles. The molecule has 16 heavy (non-hydrogen) atoms. The van der Waals surface area contributed by atoms with Gasteiger partial charge in [0.2, 0.25) is 0 Å². The Labute approximate surface area is 103 Å². The minimum atomic E-state index is -0.983. The smallest absolute Gasteiger partial charge is 0.0479 e. The Morgan fingerprint density at radius 1 is 1.00 bits per heavy atom. The van der Waals surface area contributed by atoms with Crippen molar-refractivity contribution in [2.45, 2.75) is 50.2 Å². The van der Waals surface area contributed by atoms with Crippen molar-refractivity contribution in [3.63, 3.8) is 0 Å². The van der Waals surface area contributed by atoms with Gasteiger partial charge in [0, 0.05) is 16.9 Å². The summed E-state index contributed by atoms with van der Waals surface area (Å²) in [4.78, 5) is 0. The molecule has 0 aromatic carbocycles. The van der Waals surface area contributed by atoms with Crippen LogP contribution in [0.2, 0.25) is 43.8 Å². The summed E-state index contributed by atoms with van der Waals surface area (Å²) in [6.07, 6.45) is 11.1. The predicted octanol–water partition coefficient (Wildman–Crippen LogP) is 4.31. The molecule has 90 valence electrons. The van der Waals surface area contributed by atoms with Crippen molar-refractivity contribution in [1.82, 2.24) is 0 Å². The van der Waals surface area contributed by atoms with Crippen LogP contribution in [-0.2, 0) is 0 Å². The molecule has 0 nitrogen and oxygen atoms in total. The molecule has 1 fully saturated rings. The second-order valence-electron chi connectivity index (χ2n) is 7.04. The van der Waals surface area contributed by atoms with E-state index in [0.29, 0.717) is 0 Å². The van der Waals surface area contributed by atoms with E-state index in [-0.39, 0.29) is 0 Å². The number of allylic oxidation sites excluding steroid dienone is 4. The standard InChI is InChI=1S/C14H26Si2/c1-15(2)13-10-14(16(3,4)5)12-9-7-6-8-11(12)13/h6-9,11-15H,10H2,1-5H3. The Kier molecular flexibility index (Phi) is 3.32. The molecule has 4 unspecified atom stereocenters. The van der Waals surface area contributed by atoms with Crippen LogP contribution < -0.4 is 0 Å². The second kappa shape index (κ2) is 4.30. The topological polar surface area (TPSA) is 0 Å². The van der Waals surface area contributed by atoms with Gasteiger partial charge in [-0.05, 0) is 22.9 Å². The second-order valence-corrected chi connectivity index (χ2v) is 15.9. The minimum absolute atomic E-state index is 0.490. The lowest BCUT2D eigenvalue weighted by atomic mass is 9.91. The van der Waals surface area contributed by atoms with E-state index >= 15 is 0 Å². The zero-order valence-corrected chi connectivity index (χ0v) is 13.6. The van der Waals surface area contributed by atoms with Gasteiger partial charge in [-0.2, -0.15) is 0 Å². The largest absolute Gasteiger partial charge is 0.0809 e. The molecule has 0 saturated heterocycles. The summed E-state index contributed by atoms with van der Waals surface area (Å²) in [6.45, 7) is 12.8. The Balaban J connectivity index is 2.26. The summed E-state index contributed by atoms with van der Waals surface area (Å²) in [5.41, 5.74) is 2.08. The van der Waals surface area contributed by atoms with E-state index in [1.165, 1.54) is 6.42 Å². The zero-order valence-electron chi connectivity index (χ0n) is 11.4. The van der Waals surface area contributed by atoms with Crippen molar-refractivity contribution >= 4 is 16.9 Å². The summed E-state index contributed by atoms with van der Waals surface area (Å²) in [7, 11) is -1.47. The van der Waals surface area contributed by atoms with Crippen LogP contribution in [0.15, 0.2) is 24.3 Å². The fraction of sp³-hybridized carbons (Fsp3) is 0.714. The van der Waals surface area contributed by atoms with Gasteiger partial charge in [0.05, 0.1) is 0 Å². The van der Waals surface area contributed by atoms with Gasteiger partial charge in [0.1, 0.15) is 0 Å². The number of hydrogen-bond acceptors (Lipinski definition) is 0. The first-order valence-corrected chi connectivity index (χ1v) is 13.3. The molecule has 2 aliphatic rings. The average Bonchev–Trinajstić information content (AvgIpc) is 2.56. The van der Waals surface area contributed by atoms with Crippen LogP contribution in [0.4, 0.5) is 0 Å². The van der Waals surface area contributed by atoms with E-state index < -0.39 is 16.9 Å². The maximum atomic E-state index is 2.56. The highest BCUT2D eigenvalue weighted by Crippen LogP contribution is 2.55. The van der Waals surface area contributed by atoms with Gasteiger partial charge in [-0.15, -0.1) is 0 Å². The molecule has 2 aliphatic carbocycles. The van der Waals surface area contributed by atoms with E-state index in [2.05, 4.69) is 57.0 Å². The summed E-state index contributed by atoms with van der Waals surface area (Å²) < 4.78 is 0. The lowest BCUT2D eigenvalue weighted by molar-refractivity contribution is 0.541. The SMILES string of the molecule is C[SiH](C)C1CC([Si](C)(C)C)C2C=CC=CC21. The third-order valence-corrected chi connectivity index (χ3v) is 9.95. The third-order valence-electron chi connectivity index (χ3n) is 4.68. The molecule has 0 N–H and O–H groups in total. The highest BCUT2D eigenvalue weighted by atomic mass is 28.3. The Morgan fingerprint density at radius 3 is 2.06 bits per heavy atom. The molecule has 0 aromatic rings. The Bertz CT molecular complexity index is 309. The monoisotopic (exact) mass is 250 g/mol. The van der Waals surface area contributed by atoms with Crippen LogP contribution in [0.5, 0.6) is 0 Å². The van der Waals surface area contributed by atoms with Crippen LogP contribution in [0.25, 0.3) is 0 Å². The molecule has 4 atom stereocenters. The van der Waals surface area contributed by atoms with Crippen LogP contribution in [0, 0.1) is 11.8 Å². The summed E-state index contributed by atoms with van der Waals surface area (Å²) in [5.74, 6) is 1.78. The molecule has 0 radical (unpaired) electrons. The van der Waals surface area contributed by atoms with Crippen molar-refractivity contribution in [3.05, 3.63) is 24.3 Å². The van der Waals surface area contributed by atoms with Gasteiger partial charge < -0.3 is 0 Å². The highest BCUT2D eigenvalue weighted by molar-refractivity contribution is 6.77. The zero-order chi connectivity index (χ0) is 11.9. The van der Waals surface area contributed by atoms with Gasteiger partial charge in [-0.25, -0.2) is 0 Å². The molecule has 2 heteroatoms. The molecular weight excluding hydrogens is 224 g/mol. The Hall–Kier alpha value is -0.0862. The van der Waals surface area contributed by atoms with Crippen molar-refractivity contribution in [1.29, 1.82) is 0 Å². The molecule has 1 saturated carbocycles. The first kappa shape index (κ1) is 12.4. The molecule has 0 bridgehead atoms. The van der Waals surface area contributed by atoms with Crippen LogP contribution in [0.1, 0.15) is 6.42 Å². The Morgan fingerprint density at radius 2 is 1.56 bits per heavy atom. The van der Waals surface area contributed by atoms with Crippen LogP contribution in [0.3, 0.4) is 0 Å². The lowest BCUT2D eigenvalue weighted by Gasteiger charge is -2.31. The number of fused-ring (bicyclic) bond motifs is 1. The summed E-state index contributed by atoms with van der Waals surface area (Å²) in [5, 5.41) is 0. The van der Waals surface area contributed by atoms with Crippen molar-refractivity contribution in [3.8, 4) is 0 Å². The van der Waals surface area contributed by atoms with Gasteiger partial charge in [0.15, 0.2) is 0 Å². The normalized spacial score (nSPS) is 38.1. The van der Waals surface area contributed by atoms with Crippen LogP contribution >= 0.6 is 0 Å². The molecule has 2 rings (SSSR count). The van der Waals surface area contributed by atoms with E-state index in [0.717, 1.165) is 22.9 Å². The fourth-order valence-corrected chi connectivity index (χ4v) is 8.58. The van der Waals surface area contributed by atoms with E-state index in [1.807, 2.05) is 0 Å². The van der Waals surface area contributed by atoms with Crippen molar-refractivity contribution < 1.29 is 0 Å². The van der Waals surface area contributed by atoms with Gasteiger partial charge in [0.25, 0.3) is 0 Å². The van der Waals surface area contributed by atoms with Crippen molar-refractivity contribution in [2.24, 2.45) is 11.8 Å². The van der Waals surface area contributed by atoms with Crippen LogP contribution in [-0.4, -0.2) is 16.9 Å². The average molecular weight is 251 g/mol. The summed E-state index contributed by atoms with van der Waals surface area (Å²) >= 11 is 0. The highest BCUT2D eigenvalue weighted by Gasteiger charge is 2.47. The van der Waals surface area contributed by atoms with Gasteiger partial charge >= 0.3 is 0 Å². The molecule has 0 aromatic heterocycles. The minimum Gasteiger partial charge on any atom is -0.0809 e. The molecule has 0 aliphatic heterocycles. The molecule has 0 amide bonds. The molecule has 0 spiro atoms. The predicted molar refractivity (Wildman–Crippen MR) is 79.6 cm³/mol. The first-order chi connectivity index (χ1) is 7.41.